The van der Waals surface area contributed by atoms with Crippen LogP contribution in [0.3, 0.4) is 0 Å². The molecule has 2 rings (SSSR count). The molecule has 16 heavy (non-hydrogen) atoms. The minimum atomic E-state index is 0.604. The topological polar surface area (TPSA) is 33.1 Å². The number of hydrogen-bond acceptors (Lipinski definition) is 3. The number of aryl methyl sites for hydroxylation is 2. The van der Waals surface area contributed by atoms with Crippen molar-refractivity contribution in [3.63, 3.8) is 0 Å². The summed E-state index contributed by atoms with van der Waals surface area (Å²) in [6.07, 6.45) is 1.02. The van der Waals surface area contributed by atoms with Crippen LogP contribution in [-0.2, 0) is 20.0 Å². The van der Waals surface area contributed by atoms with Crippen molar-refractivity contribution in [2.45, 2.75) is 32.9 Å². The van der Waals surface area contributed by atoms with E-state index in [0.717, 1.165) is 32.6 Å². The zero-order chi connectivity index (χ0) is 11.5. The fourth-order valence-electron chi connectivity index (χ4n) is 2.28. The maximum atomic E-state index is 4.49. The molecule has 1 aliphatic heterocycles. The van der Waals surface area contributed by atoms with Crippen LogP contribution in [-0.4, -0.2) is 40.4 Å². The molecule has 0 bridgehead atoms. The van der Waals surface area contributed by atoms with Gasteiger partial charge in [0.15, 0.2) is 0 Å². The number of nitrogens with one attached hydrogen (secondary N) is 1. The third-order valence-electron chi connectivity index (χ3n) is 3.23. The van der Waals surface area contributed by atoms with E-state index in [4.69, 9.17) is 0 Å². The van der Waals surface area contributed by atoms with Crippen molar-refractivity contribution < 1.29 is 0 Å². The zero-order valence-electron chi connectivity index (χ0n) is 10.5. The number of rotatable bonds is 3. The number of nitrogens with zero attached hydrogens (tertiary/aromatic N) is 3. The van der Waals surface area contributed by atoms with Gasteiger partial charge in [-0.15, -0.1) is 0 Å². The van der Waals surface area contributed by atoms with Gasteiger partial charge in [0.25, 0.3) is 0 Å². The molecule has 2 heterocycles. The summed E-state index contributed by atoms with van der Waals surface area (Å²) in [5.41, 5.74) is 2.52. The molecule has 0 radical (unpaired) electrons. The van der Waals surface area contributed by atoms with Crippen LogP contribution in [0.25, 0.3) is 0 Å². The normalized spacial score (nSPS) is 22.6. The highest BCUT2D eigenvalue weighted by Gasteiger charge is 2.17. The average Bonchev–Trinajstić information content (AvgIpc) is 2.60. The van der Waals surface area contributed by atoms with Crippen molar-refractivity contribution in [2.24, 2.45) is 7.05 Å². The molecule has 1 N–H and O–H groups in total. The van der Waals surface area contributed by atoms with Crippen LogP contribution in [0.1, 0.15) is 25.2 Å². The van der Waals surface area contributed by atoms with Crippen molar-refractivity contribution in [1.82, 2.24) is 20.0 Å². The van der Waals surface area contributed by atoms with E-state index < -0.39 is 0 Å². The molecular formula is C12H22N4. The largest absolute Gasteiger partial charge is 0.312 e. The highest BCUT2D eigenvalue weighted by molar-refractivity contribution is 5.10. The molecule has 1 saturated heterocycles. The molecule has 0 saturated carbocycles. The Labute approximate surface area is 97.6 Å². The van der Waals surface area contributed by atoms with Crippen molar-refractivity contribution in [3.8, 4) is 0 Å². The summed E-state index contributed by atoms with van der Waals surface area (Å²) in [6, 6.07) is 2.83. The van der Waals surface area contributed by atoms with Gasteiger partial charge in [0.05, 0.1) is 11.4 Å². The molecule has 1 aliphatic rings. The first kappa shape index (κ1) is 11.6. The van der Waals surface area contributed by atoms with Gasteiger partial charge in [-0.2, -0.15) is 5.10 Å². The van der Waals surface area contributed by atoms with Crippen LogP contribution in [0.5, 0.6) is 0 Å². The first-order valence-corrected chi connectivity index (χ1v) is 6.16. The lowest BCUT2D eigenvalue weighted by atomic mass is 10.2. The number of aromatic nitrogens is 2. The van der Waals surface area contributed by atoms with Gasteiger partial charge in [-0.05, 0) is 19.4 Å². The first-order chi connectivity index (χ1) is 7.69. The van der Waals surface area contributed by atoms with Gasteiger partial charge in [0, 0.05) is 39.3 Å². The quantitative estimate of drug-likeness (QED) is 0.820. The molecule has 1 aromatic heterocycles. The summed E-state index contributed by atoms with van der Waals surface area (Å²) < 4.78 is 2.02. The fraction of sp³-hybridized carbons (Fsp3) is 0.750. The molecule has 1 aromatic rings. The molecule has 4 nitrogen and oxygen atoms in total. The van der Waals surface area contributed by atoms with Gasteiger partial charge < -0.3 is 5.32 Å². The summed E-state index contributed by atoms with van der Waals surface area (Å²) in [6.45, 7) is 8.78. The predicted molar refractivity (Wildman–Crippen MR) is 65.3 cm³/mol. The lowest BCUT2D eigenvalue weighted by Crippen LogP contribution is -2.48. The standard InChI is InChI=1S/C12H22N4/c1-4-11-7-12(15(3)14-11)9-16-6-5-13-10(2)8-16/h7,10,13H,4-6,8-9H2,1-3H3. The van der Waals surface area contributed by atoms with Gasteiger partial charge in [-0.25, -0.2) is 0 Å². The van der Waals surface area contributed by atoms with Crippen LogP contribution < -0.4 is 5.32 Å². The third kappa shape index (κ3) is 2.62. The van der Waals surface area contributed by atoms with Crippen LogP contribution >= 0.6 is 0 Å². The van der Waals surface area contributed by atoms with Crippen molar-refractivity contribution in [2.75, 3.05) is 19.6 Å². The van der Waals surface area contributed by atoms with Gasteiger partial charge in [-0.3, -0.25) is 9.58 Å². The lowest BCUT2D eigenvalue weighted by molar-refractivity contribution is 0.195. The molecule has 1 unspecified atom stereocenters. The molecule has 0 amide bonds. The van der Waals surface area contributed by atoms with Gasteiger partial charge in [-0.1, -0.05) is 6.92 Å². The molecule has 90 valence electrons. The second kappa shape index (κ2) is 4.97. The Morgan fingerprint density at radius 3 is 3.00 bits per heavy atom. The summed E-state index contributed by atoms with van der Waals surface area (Å²) in [7, 11) is 2.04. The van der Waals surface area contributed by atoms with E-state index >= 15 is 0 Å². The van der Waals surface area contributed by atoms with E-state index in [1.807, 2.05) is 11.7 Å². The zero-order valence-corrected chi connectivity index (χ0v) is 10.5. The Balaban J connectivity index is 1.99. The smallest absolute Gasteiger partial charge is 0.0625 e. The van der Waals surface area contributed by atoms with Gasteiger partial charge in [0.2, 0.25) is 0 Å². The predicted octanol–water partition coefficient (Wildman–Crippen LogP) is 0.776. The first-order valence-electron chi connectivity index (χ1n) is 6.16. The highest BCUT2D eigenvalue weighted by atomic mass is 15.3. The average molecular weight is 222 g/mol. The van der Waals surface area contributed by atoms with Crippen LogP contribution in [0.15, 0.2) is 6.07 Å². The molecule has 0 spiro atoms. The van der Waals surface area contributed by atoms with Crippen molar-refractivity contribution in [3.05, 3.63) is 17.5 Å². The minimum absolute atomic E-state index is 0.604. The monoisotopic (exact) mass is 222 g/mol. The van der Waals surface area contributed by atoms with E-state index in [-0.39, 0.29) is 0 Å². The highest BCUT2D eigenvalue weighted by Crippen LogP contribution is 2.09. The Bertz CT molecular complexity index is 345. The van der Waals surface area contributed by atoms with Gasteiger partial charge in [0.1, 0.15) is 0 Å². The van der Waals surface area contributed by atoms with Crippen molar-refractivity contribution >= 4 is 0 Å². The van der Waals surface area contributed by atoms with E-state index in [0.29, 0.717) is 6.04 Å². The van der Waals surface area contributed by atoms with E-state index in [1.165, 1.54) is 11.4 Å². The number of hydrogen-bond donors (Lipinski definition) is 1. The Morgan fingerprint density at radius 2 is 2.38 bits per heavy atom. The Morgan fingerprint density at radius 1 is 1.56 bits per heavy atom. The Hall–Kier alpha value is -0.870. The van der Waals surface area contributed by atoms with E-state index in [9.17, 15) is 0 Å². The van der Waals surface area contributed by atoms with Crippen LogP contribution in [0, 0.1) is 0 Å². The van der Waals surface area contributed by atoms with E-state index in [1.54, 1.807) is 0 Å². The molecule has 1 atom stereocenters. The van der Waals surface area contributed by atoms with Crippen LogP contribution in [0.4, 0.5) is 0 Å². The summed E-state index contributed by atoms with van der Waals surface area (Å²) in [4.78, 5) is 2.50. The molecule has 1 fully saturated rings. The minimum Gasteiger partial charge on any atom is -0.312 e. The maximum Gasteiger partial charge on any atom is 0.0625 e. The Kier molecular flexibility index (Phi) is 3.61. The second-order valence-corrected chi connectivity index (χ2v) is 4.69. The number of piperazine rings is 1. The van der Waals surface area contributed by atoms with Crippen molar-refractivity contribution in [1.29, 1.82) is 0 Å². The van der Waals surface area contributed by atoms with E-state index in [2.05, 4.69) is 35.2 Å². The second-order valence-electron chi connectivity index (χ2n) is 4.69. The van der Waals surface area contributed by atoms with Crippen LogP contribution in [0.2, 0.25) is 0 Å². The lowest BCUT2D eigenvalue weighted by Gasteiger charge is -2.31. The third-order valence-corrected chi connectivity index (χ3v) is 3.23. The van der Waals surface area contributed by atoms with Gasteiger partial charge >= 0.3 is 0 Å². The molecule has 4 heteroatoms. The molecule has 0 aliphatic carbocycles. The summed E-state index contributed by atoms with van der Waals surface area (Å²) in [5, 5.41) is 7.95. The fourth-order valence-corrected chi connectivity index (χ4v) is 2.28. The SMILES string of the molecule is CCc1cc(CN2CCNC(C)C2)n(C)n1. The molecular weight excluding hydrogens is 200 g/mol. The molecule has 0 aromatic carbocycles. The maximum absolute atomic E-state index is 4.49. The summed E-state index contributed by atoms with van der Waals surface area (Å²) in [5.74, 6) is 0. The summed E-state index contributed by atoms with van der Waals surface area (Å²) >= 11 is 0.